The van der Waals surface area contributed by atoms with Gasteiger partial charge in [0.25, 0.3) is 0 Å². The smallest absolute Gasteiger partial charge is 0.306 e. The topological polar surface area (TPSA) is 78.9 Å². The summed E-state index contributed by atoms with van der Waals surface area (Å²) in [6, 6.07) is 0. The highest BCUT2D eigenvalue weighted by molar-refractivity contribution is 5.71. The lowest BCUT2D eigenvalue weighted by atomic mass is 10.0. The molecule has 450 valence electrons. The van der Waals surface area contributed by atoms with E-state index in [4.69, 9.17) is 14.2 Å². The van der Waals surface area contributed by atoms with E-state index in [1.807, 2.05) is 0 Å². The molecule has 0 aromatic carbocycles. The van der Waals surface area contributed by atoms with E-state index in [2.05, 4.69) is 142 Å². The zero-order chi connectivity index (χ0) is 57.1. The van der Waals surface area contributed by atoms with Crippen LogP contribution < -0.4 is 0 Å². The molecule has 6 nitrogen and oxygen atoms in total. The normalized spacial score (nSPS) is 12.9. The maximum atomic E-state index is 12.9. The second-order valence-electron chi connectivity index (χ2n) is 21.6. The molecule has 0 aromatic heterocycles. The van der Waals surface area contributed by atoms with Gasteiger partial charge in [-0.2, -0.15) is 0 Å². The highest BCUT2D eigenvalue weighted by Gasteiger charge is 2.19. The van der Waals surface area contributed by atoms with Crippen molar-refractivity contribution in [2.45, 2.75) is 309 Å². The van der Waals surface area contributed by atoms with Gasteiger partial charge in [0.1, 0.15) is 13.2 Å². The van der Waals surface area contributed by atoms with Gasteiger partial charge in [-0.1, -0.05) is 296 Å². The number of hydrogen-bond acceptors (Lipinski definition) is 6. The molecule has 0 aliphatic carbocycles. The van der Waals surface area contributed by atoms with Crippen LogP contribution in [0.5, 0.6) is 0 Å². The van der Waals surface area contributed by atoms with E-state index >= 15 is 0 Å². The third-order valence-corrected chi connectivity index (χ3v) is 14.0. The Morgan fingerprint density at radius 3 is 0.772 bits per heavy atom. The summed E-state index contributed by atoms with van der Waals surface area (Å²) in [7, 11) is 0. The summed E-state index contributed by atoms with van der Waals surface area (Å²) in [5.41, 5.74) is 0. The van der Waals surface area contributed by atoms with Crippen molar-refractivity contribution >= 4 is 17.9 Å². The Morgan fingerprint density at radius 1 is 0.266 bits per heavy atom. The van der Waals surface area contributed by atoms with Crippen LogP contribution in [-0.2, 0) is 28.6 Å². The van der Waals surface area contributed by atoms with Gasteiger partial charge in [-0.3, -0.25) is 14.4 Å². The third kappa shape index (κ3) is 64.5. The first kappa shape index (κ1) is 74.8. The van der Waals surface area contributed by atoms with Crippen molar-refractivity contribution < 1.29 is 28.6 Å². The molecule has 1 atom stereocenters. The van der Waals surface area contributed by atoms with Crippen molar-refractivity contribution in [3.8, 4) is 0 Å². The van der Waals surface area contributed by atoms with Crippen molar-refractivity contribution in [3.63, 3.8) is 0 Å². The average molecular weight is 1100 g/mol. The van der Waals surface area contributed by atoms with Gasteiger partial charge in [0, 0.05) is 19.3 Å². The molecule has 0 heterocycles. The minimum Gasteiger partial charge on any atom is -0.462 e. The number of carbonyl (C=O) groups is 3. The molecular weight excluding hydrogens is 973 g/mol. The molecule has 0 N–H and O–H groups in total. The van der Waals surface area contributed by atoms with Crippen molar-refractivity contribution in [2.24, 2.45) is 0 Å². The Kier molecular flexibility index (Phi) is 62.8. The van der Waals surface area contributed by atoms with Crippen LogP contribution in [0.1, 0.15) is 303 Å². The molecule has 0 aliphatic rings. The molecule has 1 unspecified atom stereocenters. The molecule has 0 rings (SSSR count). The lowest BCUT2D eigenvalue weighted by molar-refractivity contribution is -0.167. The predicted octanol–water partition coefficient (Wildman–Crippen LogP) is 22.8. The highest BCUT2D eigenvalue weighted by atomic mass is 16.6. The number of carbonyl (C=O) groups excluding carboxylic acids is 3. The Hall–Kier alpha value is -4.19. The molecule has 0 aliphatic heterocycles. The number of rotatable bonds is 59. The van der Waals surface area contributed by atoms with Crippen LogP contribution in [0.15, 0.2) is 122 Å². The highest BCUT2D eigenvalue weighted by Crippen LogP contribution is 2.16. The zero-order valence-corrected chi connectivity index (χ0v) is 51.6. The zero-order valence-electron chi connectivity index (χ0n) is 51.6. The summed E-state index contributed by atoms with van der Waals surface area (Å²) in [5.74, 6) is -0.899. The summed E-state index contributed by atoms with van der Waals surface area (Å²) in [4.78, 5) is 38.3. The van der Waals surface area contributed by atoms with Gasteiger partial charge in [-0.25, -0.2) is 0 Å². The van der Waals surface area contributed by atoms with Crippen molar-refractivity contribution in [3.05, 3.63) is 122 Å². The van der Waals surface area contributed by atoms with Gasteiger partial charge in [-0.15, -0.1) is 0 Å². The largest absolute Gasteiger partial charge is 0.462 e. The van der Waals surface area contributed by atoms with Gasteiger partial charge in [0.05, 0.1) is 0 Å². The SMILES string of the molecule is CC/C=C\C/C=C\C/C=C\C/C=C\C/C=C\CCCCCCCCCCCCCCCC(=O)OCC(COC(=O)CCCCCCCCCCCCC)OC(=O)CCCCCCC/C=C\C/C=C\C/C=C\C/C=C\C/C=C\CC. The number of esters is 3. The maximum Gasteiger partial charge on any atom is 0.306 e. The lowest BCUT2D eigenvalue weighted by Gasteiger charge is -2.18. The fourth-order valence-electron chi connectivity index (χ4n) is 9.09. The van der Waals surface area contributed by atoms with Crippen LogP contribution in [0.3, 0.4) is 0 Å². The summed E-state index contributed by atoms with van der Waals surface area (Å²) in [5, 5.41) is 0. The van der Waals surface area contributed by atoms with Crippen LogP contribution in [0.2, 0.25) is 0 Å². The number of hydrogen-bond donors (Lipinski definition) is 0. The molecule has 0 spiro atoms. The van der Waals surface area contributed by atoms with Gasteiger partial charge >= 0.3 is 17.9 Å². The Labute approximate surface area is 488 Å². The van der Waals surface area contributed by atoms with Crippen LogP contribution >= 0.6 is 0 Å². The predicted molar refractivity (Wildman–Crippen MR) is 343 cm³/mol. The molecule has 0 bridgehead atoms. The molecule has 6 heteroatoms. The molecule has 0 radical (unpaired) electrons. The van der Waals surface area contributed by atoms with Crippen molar-refractivity contribution in [1.29, 1.82) is 0 Å². The van der Waals surface area contributed by atoms with E-state index in [0.717, 1.165) is 141 Å². The second kappa shape index (κ2) is 66.3. The van der Waals surface area contributed by atoms with E-state index in [9.17, 15) is 14.4 Å². The van der Waals surface area contributed by atoms with E-state index in [1.165, 1.54) is 122 Å². The van der Waals surface area contributed by atoms with E-state index in [1.54, 1.807) is 0 Å². The molecular formula is C73H122O6. The molecule has 0 fully saturated rings. The Morgan fingerprint density at radius 2 is 0.494 bits per heavy atom. The van der Waals surface area contributed by atoms with Gasteiger partial charge in [0.15, 0.2) is 6.10 Å². The molecule has 0 amide bonds. The average Bonchev–Trinajstić information content (AvgIpc) is 3.45. The lowest BCUT2D eigenvalue weighted by Crippen LogP contribution is -2.30. The minimum absolute atomic E-state index is 0.0852. The first-order valence-corrected chi connectivity index (χ1v) is 33.0. The minimum atomic E-state index is -0.790. The summed E-state index contributed by atoms with van der Waals surface area (Å²) >= 11 is 0. The Balaban J connectivity index is 4.28. The van der Waals surface area contributed by atoms with Crippen LogP contribution in [0.25, 0.3) is 0 Å². The summed E-state index contributed by atoms with van der Waals surface area (Å²) < 4.78 is 16.9. The summed E-state index contributed by atoms with van der Waals surface area (Å²) in [6.07, 6.45) is 92.1. The molecule has 0 aromatic rings. The van der Waals surface area contributed by atoms with Crippen LogP contribution in [0, 0.1) is 0 Å². The van der Waals surface area contributed by atoms with Crippen molar-refractivity contribution in [2.75, 3.05) is 13.2 Å². The summed E-state index contributed by atoms with van der Waals surface area (Å²) in [6.45, 7) is 6.41. The Bertz CT molecular complexity index is 1640. The fourth-order valence-corrected chi connectivity index (χ4v) is 9.09. The van der Waals surface area contributed by atoms with Crippen molar-refractivity contribution in [1.82, 2.24) is 0 Å². The first-order chi connectivity index (χ1) is 39.0. The second-order valence-corrected chi connectivity index (χ2v) is 21.6. The molecule has 0 saturated heterocycles. The van der Waals surface area contributed by atoms with Crippen LogP contribution in [0.4, 0.5) is 0 Å². The monoisotopic (exact) mass is 1090 g/mol. The van der Waals surface area contributed by atoms with Gasteiger partial charge in [0.2, 0.25) is 0 Å². The van der Waals surface area contributed by atoms with E-state index < -0.39 is 6.10 Å². The molecule has 0 saturated carbocycles. The van der Waals surface area contributed by atoms with Gasteiger partial charge < -0.3 is 14.2 Å². The standard InChI is InChI=1S/C73H122O6/c1-4-7-10-13-16-19-22-24-26-28-30-32-33-34-35-36-37-38-39-41-42-44-46-48-51-54-57-60-63-66-72(75)78-69-70(68-77-71(74)65-62-59-56-53-50-21-18-15-12-9-6-3)79-73(76)67-64-61-58-55-52-49-47-45-43-40-31-29-27-25-23-20-17-14-11-8-5-2/h7-8,10-11,16-17,19-20,24-27,30-32,34-35,40,45,47,70H,4-6,9,12-15,18,21-23,28-29,33,36-39,41-44,46,48-69H2,1-3H3/b10-7-,11-8-,19-16-,20-17-,26-24-,27-25-,32-30-,35-34-,40-31-,47-45-. The molecule has 79 heavy (non-hydrogen) atoms. The maximum absolute atomic E-state index is 12.9. The van der Waals surface area contributed by atoms with E-state index in [-0.39, 0.29) is 31.1 Å². The third-order valence-electron chi connectivity index (χ3n) is 14.0. The van der Waals surface area contributed by atoms with Crippen LogP contribution in [-0.4, -0.2) is 37.2 Å². The number of allylic oxidation sites excluding steroid dienone is 20. The number of ether oxygens (including phenoxy) is 3. The number of unbranched alkanes of at least 4 members (excludes halogenated alkanes) is 28. The first-order valence-electron chi connectivity index (χ1n) is 33.0. The quantitative estimate of drug-likeness (QED) is 0.0261. The van der Waals surface area contributed by atoms with Gasteiger partial charge in [-0.05, 0) is 109 Å². The van der Waals surface area contributed by atoms with E-state index in [0.29, 0.717) is 19.3 Å². The fraction of sp³-hybridized carbons (Fsp3) is 0.685.